The molecule has 1 aliphatic carbocycles. The number of hydrogen-bond acceptors (Lipinski definition) is 4. The van der Waals surface area contributed by atoms with Crippen LogP contribution < -0.4 is 14.8 Å². The molecule has 2 heterocycles. The summed E-state index contributed by atoms with van der Waals surface area (Å²) >= 11 is 0. The van der Waals surface area contributed by atoms with Gasteiger partial charge in [0.1, 0.15) is 13.2 Å². The number of piperidine rings is 1. The Morgan fingerprint density at radius 1 is 1.22 bits per heavy atom. The molecule has 0 radical (unpaired) electrons. The third kappa shape index (κ3) is 3.29. The van der Waals surface area contributed by atoms with Crippen molar-refractivity contribution in [1.29, 1.82) is 0 Å². The Hall–Kier alpha value is -1.75. The molecule has 2 aliphatic heterocycles. The van der Waals surface area contributed by atoms with Crippen LogP contribution in [0.4, 0.5) is 0 Å². The number of ether oxygens (including phenoxy) is 2. The Balaban J connectivity index is 1.36. The number of amides is 1. The van der Waals surface area contributed by atoms with Gasteiger partial charge in [-0.15, -0.1) is 0 Å². The zero-order valence-electron chi connectivity index (χ0n) is 13.4. The van der Waals surface area contributed by atoms with E-state index in [9.17, 15) is 4.79 Å². The van der Waals surface area contributed by atoms with Crippen molar-refractivity contribution in [3.05, 3.63) is 23.8 Å². The molecule has 0 bridgehead atoms. The fourth-order valence-corrected chi connectivity index (χ4v) is 3.59. The van der Waals surface area contributed by atoms with E-state index >= 15 is 0 Å². The summed E-state index contributed by atoms with van der Waals surface area (Å²) in [5, 5.41) is 3.10. The highest BCUT2D eigenvalue weighted by Gasteiger charge is 2.34. The second kappa shape index (κ2) is 6.40. The van der Waals surface area contributed by atoms with E-state index in [1.54, 1.807) is 0 Å². The number of fused-ring (bicyclic) bond motifs is 1. The average Bonchev–Trinajstić information content (AvgIpc) is 3.45. The van der Waals surface area contributed by atoms with Crippen LogP contribution in [0.3, 0.4) is 0 Å². The van der Waals surface area contributed by atoms with E-state index in [-0.39, 0.29) is 11.8 Å². The van der Waals surface area contributed by atoms with Crippen LogP contribution in [-0.2, 0) is 11.3 Å². The van der Waals surface area contributed by atoms with Crippen LogP contribution in [0.2, 0.25) is 0 Å². The molecule has 4 rings (SSSR count). The number of carbonyl (C=O) groups excluding carboxylic acids is 1. The van der Waals surface area contributed by atoms with Crippen LogP contribution in [0.15, 0.2) is 18.2 Å². The Bertz CT molecular complexity index is 586. The number of carbonyl (C=O) groups is 1. The van der Waals surface area contributed by atoms with Crippen molar-refractivity contribution >= 4 is 5.91 Å². The lowest BCUT2D eigenvalue weighted by Gasteiger charge is -2.32. The highest BCUT2D eigenvalue weighted by Crippen LogP contribution is 2.34. The van der Waals surface area contributed by atoms with Crippen LogP contribution in [-0.4, -0.2) is 43.2 Å². The molecule has 1 saturated carbocycles. The normalized spacial score (nSPS) is 24.3. The maximum absolute atomic E-state index is 12.5. The molecular weight excluding hydrogens is 292 g/mol. The van der Waals surface area contributed by atoms with E-state index in [0.717, 1.165) is 49.0 Å². The van der Waals surface area contributed by atoms with Crippen molar-refractivity contribution in [3.8, 4) is 11.5 Å². The molecule has 1 saturated heterocycles. The van der Waals surface area contributed by atoms with E-state index in [2.05, 4.69) is 10.2 Å². The van der Waals surface area contributed by atoms with Crippen LogP contribution in [0, 0.1) is 5.92 Å². The Labute approximate surface area is 136 Å². The summed E-state index contributed by atoms with van der Waals surface area (Å²) in [7, 11) is 0. The first-order valence-electron chi connectivity index (χ1n) is 8.70. The highest BCUT2D eigenvalue weighted by atomic mass is 16.6. The summed E-state index contributed by atoms with van der Waals surface area (Å²) in [5.74, 6) is 1.86. The quantitative estimate of drug-likeness (QED) is 0.922. The molecule has 23 heavy (non-hydrogen) atoms. The van der Waals surface area contributed by atoms with E-state index in [4.69, 9.17) is 9.47 Å². The molecule has 0 spiro atoms. The van der Waals surface area contributed by atoms with Crippen LogP contribution in [0.25, 0.3) is 0 Å². The molecule has 1 aromatic carbocycles. The zero-order valence-corrected chi connectivity index (χ0v) is 13.4. The first-order valence-corrected chi connectivity index (χ1v) is 8.70. The van der Waals surface area contributed by atoms with E-state index in [1.165, 1.54) is 12.8 Å². The van der Waals surface area contributed by atoms with Crippen molar-refractivity contribution in [2.75, 3.05) is 26.3 Å². The predicted molar refractivity (Wildman–Crippen MR) is 86.6 cm³/mol. The minimum Gasteiger partial charge on any atom is -0.486 e. The van der Waals surface area contributed by atoms with Gasteiger partial charge in [0.2, 0.25) is 5.91 Å². The van der Waals surface area contributed by atoms with Crippen LogP contribution >= 0.6 is 0 Å². The fourth-order valence-electron chi connectivity index (χ4n) is 3.59. The average molecular weight is 316 g/mol. The van der Waals surface area contributed by atoms with Gasteiger partial charge >= 0.3 is 0 Å². The molecule has 1 N–H and O–H groups in total. The molecule has 1 atom stereocenters. The van der Waals surface area contributed by atoms with Gasteiger partial charge < -0.3 is 14.8 Å². The second-order valence-electron chi connectivity index (χ2n) is 6.72. The molecule has 3 aliphatic rings. The summed E-state index contributed by atoms with van der Waals surface area (Å²) in [6.45, 7) is 3.74. The van der Waals surface area contributed by atoms with Gasteiger partial charge in [-0.3, -0.25) is 9.69 Å². The van der Waals surface area contributed by atoms with Gasteiger partial charge in [-0.25, -0.2) is 0 Å². The van der Waals surface area contributed by atoms with Gasteiger partial charge in [0.05, 0.1) is 5.92 Å². The molecular formula is C18H24N2O3. The van der Waals surface area contributed by atoms with Crippen molar-refractivity contribution < 1.29 is 14.3 Å². The summed E-state index contributed by atoms with van der Waals surface area (Å²) < 4.78 is 11.3. The third-order valence-electron chi connectivity index (χ3n) is 4.99. The summed E-state index contributed by atoms with van der Waals surface area (Å²) in [5.41, 5.74) is 0.991. The number of benzene rings is 1. The number of likely N-dealkylation sites (tertiary alicyclic amines) is 1. The number of nitrogens with one attached hydrogen (secondary N) is 1. The number of rotatable bonds is 4. The lowest BCUT2D eigenvalue weighted by atomic mass is 9.97. The van der Waals surface area contributed by atoms with Gasteiger partial charge in [0, 0.05) is 24.7 Å². The van der Waals surface area contributed by atoms with Gasteiger partial charge in [-0.05, 0) is 38.3 Å². The molecule has 124 valence electrons. The van der Waals surface area contributed by atoms with Crippen molar-refractivity contribution in [3.63, 3.8) is 0 Å². The molecule has 0 aromatic heterocycles. The van der Waals surface area contributed by atoms with Crippen molar-refractivity contribution in [2.45, 2.75) is 38.3 Å². The number of hydrogen-bond donors (Lipinski definition) is 1. The summed E-state index contributed by atoms with van der Waals surface area (Å²) in [4.78, 5) is 15.0. The lowest BCUT2D eigenvalue weighted by Crippen LogP contribution is -2.43. The predicted octanol–water partition coefficient (Wildman–Crippen LogP) is 1.95. The minimum absolute atomic E-state index is 0.126. The van der Waals surface area contributed by atoms with E-state index in [1.807, 2.05) is 18.2 Å². The number of nitrogens with zero attached hydrogens (tertiary/aromatic N) is 1. The smallest absolute Gasteiger partial charge is 0.224 e. The summed E-state index contributed by atoms with van der Waals surface area (Å²) in [6.07, 6.45) is 4.75. The Morgan fingerprint density at radius 2 is 2.09 bits per heavy atom. The first-order chi connectivity index (χ1) is 11.3. The van der Waals surface area contributed by atoms with Crippen molar-refractivity contribution in [2.24, 2.45) is 5.92 Å². The summed E-state index contributed by atoms with van der Waals surface area (Å²) in [6, 6.07) is 6.60. The standard InChI is InChI=1S/C18H24N2O3/c21-18(14-4-2-8-20(12-14)15-6-7-15)19-11-13-3-1-5-16-17(13)23-10-9-22-16/h1,3,5,14-15H,2,4,6-12H2,(H,19,21). The SMILES string of the molecule is O=C(NCc1cccc2c1OCCO2)C1CCCN(C2CC2)C1. The highest BCUT2D eigenvalue weighted by molar-refractivity contribution is 5.79. The second-order valence-corrected chi connectivity index (χ2v) is 6.72. The Kier molecular flexibility index (Phi) is 4.12. The molecule has 1 amide bonds. The minimum atomic E-state index is 0.126. The maximum atomic E-state index is 12.5. The zero-order chi connectivity index (χ0) is 15.6. The molecule has 2 fully saturated rings. The van der Waals surface area contributed by atoms with E-state index in [0.29, 0.717) is 19.8 Å². The van der Waals surface area contributed by atoms with Gasteiger partial charge in [-0.1, -0.05) is 12.1 Å². The maximum Gasteiger partial charge on any atom is 0.224 e. The third-order valence-corrected chi connectivity index (χ3v) is 4.99. The monoisotopic (exact) mass is 316 g/mol. The van der Waals surface area contributed by atoms with Crippen molar-refractivity contribution in [1.82, 2.24) is 10.2 Å². The van der Waals surface area contributed by atoms with Crippen LogP contribution in [0.1, 0.15) is 31.2 Å². The lowest BCUT2D eigenvalue weighted by molar-refractivity contribution is -0.126. The molecule has 5 heteroatoms. The van der Waals surface area contributed by atoms with Gasteiger partial charge in [0.25, 0.3) is 0 Å². The molecule has 1 aromatic rings. The van der Waals surface area contributed by atoms with Gasteiger partial charge in [-0.2, -0.15) is 0 Å². The van der Waals surface area contributed by atoms with E-state index < -0.39 is 0 Å². The molecule has 1 unspecified atom stereocenters. The topological polar surface area (TPSA) is 50.8 Å². The molecule has 5 nitrogen and oxygen atoms in total. The van der Waals surface area contributed by atoms with Gasteiger partial charge in [0.15, 0.2) is 11.5 Å². The fraction of sp³-hybridized carbons (Fsp3) is 0.611. The number of para-hydroxylation sites is 1. The Morgan fingerprint density at radius 3 is 2.96 bits per heavy atom. The first kappa shape index (κ1) is 14.8. The van der Waals surface area contributed by atoms with Crippen LogP contribution in [0.5, 0.6) is 11.5 Å². The largest absolute Gasteiger partial charge is 0.486 e.